The van der Waals surface area contributed by atoms with Gasteiger partial charge in [-0.2, -0.15) is 5.26 Å². The first-order chi connectivity index (χ1) is 10.3. The van der Waals surface area contributed by atoms with Gasteiger partial charge in [-0.05, 0) is 32.0 Å². The summed E-state index contributed by atoms with van der Waals surface area (Å²) in [6.45, 7) is 9.66. The maximum atomic E-state index is 9.52. The number of aromatic nitrogens is 1. The van der Waals surface area contributed by atoms with Crippen molar-refractivity contribution in [2.24, 2.45) is 0 Å². The Morgan fingerprint density at radius 2 is 2.05 bits per heavy atom. The topological polar surface area (TPSA) is 43.2 Å². The maximum absolute atomic E-state index is 9.52. The lowest BCUT2D eigenvalue weighted by atomic mass is 10.2. The van der Waals surface area contributed by atoms with Gasteiger partial charge >= 0.3 is 0 Å². The molecule has 4 nitrogen and oxygen atoms in total. The lowest BCUT2D eigenvalue weighted by Crippen LogP contribution is -2.25. The van der Waals surface area contributed by atoms with Crippen molar-refractivity contribution in [3.63, 3.8) is 0 Å². The molecular formula is C16H24N4S. The fraction of sp³-hybridized carbons (Fsp3) is 0.625. The summed E-state index contributed by atoms with van der Waals surface area (Å²) in [7, 11) is 0. The van der Waals surface area contributed by atoms with E-state index in [1.165, 1.54) is 12.8 Å². The van der Waals surface area contributed by atoms with Crippen LogP contribution in [-0.2, 0) is 0 Å². The third kappa shape index (κ3) is 4.12. The number of nitrogens with zero attached hydrogens (tertiary/aromatic N) is 4. The molecule has 1 fully saturated rings. The van der Waals surface area contributed by atoms with Gasteiger partial charge in [0.1, 0.15) is 16.7 Å². The predicted molar refractivity (Wildman–Crippen MR) is 88.9 cm³/mol. The minimum atomic E-state index is 0.754. The molecule has 0 aromatic carbocycles. The Morgan fingerprint density at radius 1 is 1.33 bits per heavy atom. The fourth-order valence-corrected chi connectivity index (χ4v) is 3.65. The van der Waals surface area contributed by atoms with Crippen molar-refractivity contribution in [2.75, 3.05) is 43.4 Å². The Hall–Kier alpha value is -1.25. The molecule has 0 atom stereocenters. The van der Waals surface area contributed by atoms with Gasteiger partial charge in [0.2, 0.25) is 0 Å². The first-order valence-electron chi connectivity index (χ1n) is 7.79. The second-order valence-electron chi connectivity index (χ2n) is 5.19. The molecule has 5 heteroatoms. The second kappa shape index (κ2) is 8.26. The van der Waals surface area contributed by atoms with E-state index in [9.17, 15) is 5.26 Å². The molecule has 1 aliphatic heterocycles. The van der Waals surface area contributed by atoms with E-state index in [-0.39, 0.29) is 0 Å². The highest BCUT2D eigenvalue weighted by Gasteiger charge is 2.18. The average Bonchev–Trinajstić information content (AvgIpc) is 3.05. The van der Waals surface area contributed by atoms with E-state index in [0.29, 0.717) is 0 Å². The molecule has 1 aromatic rings. The summed E-state index contributed by atoms with van der Waals surface area (Å²) >= 11 is 1.70. The van der Waals surface area contributed by atoms with Gasteiger partial charge in [0.25, 0.3) is 0 Å². The Kier molecular flexibility index (Phi) is 6.34. The standard InChI is InChI=1S/C16H24N4S/c1-3-19(4-2)11-12-21-16-14(13-17)15(7-8-18-16)20-9-5-6-10-20/h7-8H,3-6,9-12H2,1-2H3. The van der Waals surface area contributed by atoms with Crippen LogP contribution in [0.25, 0.3) is 0 Å². The van der Waals surface area contributed by atoms with Crippen LogP contribution < -0.4 is 4.90 Å². The van der Waals surface area contributed by atoms with Crippen molar-refractivity contribution in [3.8, 4) is 6.07 Å². The first kappa shape index (κ1) is 16.1. The molecule has 2 rings (SSSR count). The number of thioether (sulfide) groups is 1. The van der Waals surface area contributed by atoms with Crippen LogP contribution in [0.4, 0.5) is 5.69 Å². The van der Waals surface area contributed by atoms with Crippen LogP contribution in [0.5, 0.6) is 0 Å². The lowest BCUT2D eigenvalue weighted by molar-refractivity contribution is 0.324. The van der Waals surface area contributed by atoms with Crippen LogP contribution >= 0.6 is 11.8 Å². The lowest BCUT2D eigenvalue weighted by Gasteiger charge is -2.20. The summed E-state index contributed by atoms with van der Waals surface area (Å²) in [5.74, 6) is 0.979. The van der Waals surface area contributed by atoms with Crippen molar-refractivity contribution >= 4 is 17.4 Å². The Labute approximate surface area is 132 Å². The zero-order chi connectivity index (χ0) is 15.1. The van der Waals surface area contributed by atoms with Gasteiger partial charge in [-0.1, -0.05) is 13.8 Å². The highest BCUT2D eigenvalue weighted by Crippen LogP contribution is 2.30. The molecule has 0 amide bonds. The van der Waals surface area contributed by atoms with E-state index in [4.69, 9.17) is 0 Å². The quantitative estimate of drug-likeness (QED) is 0.725. The number of anilines is 1. The van der Waals surface area contributed by atoms with Gasteiger partial charge in [-0.25, -0.2) is 4.98 Å². The third-order valence-corrected chi connectivity index (χ3v) is 4.96. The number of rotatable bonds is 7. The van der Waals surface area contributed by atoms with Crippen molar-refractivity contribution in [1.82, 2.24) is 9.88 Å². The molecule has 0 radical (unpaired) electrons. The SMILES string of the molecule is CCN(CC)CCSc1nccc(N2CCCC2)c1C#N. The summed E-state index contributed by atoms with van der Waals surface area (Å²) in [5, 5.41) is 10.4. The van der Waals surface area contributed by atoms with Crippen LogP contribution in [0.1, 0.15) is 32.3 Å². The Balaban J connectivity index is 2.05. The second-order valence-corrected chi connectivity index (χ2v) is 6.28. The highest BCUT2D eigenvalue weighted by molar-refractivity contribution is 7.99. The zero-order valence-corrected chi connectivity index (χ0v) is 13.8. The summed E-state index contributed by atoms with van der Waals surface area (Å²) in [4.78, 5) is 9.13. The van der Waals surface area contributed by atoms with E-state index in [2.05, 4.69) is 34.7 Å². The van der Waals surface area contributed by atoms with Gasteiger partial charge in [-0.15, -0.1) is 11.8 Å². The molecular weight excluding hydrogens is 280 g/mol. The number of hydrogen-bond acceptors (Lipinski definition) is 5. The largest absolute Gasteiger partial charge is 0.370 e. The first-order valence-corrected chi connectivity index (χ1v) is 8.77. The minimum absolute atomic E-state index is 0.754. The molecule has 1 aromatic heterocycles. The monoisotopic (exact) mass is 304 g/mol. The molecule has 0 unspecified atom stereocenters. The summed E-state index contributed by atoms with van der Waals surface area (Å²) in [5.41, 5.74) is 1.82. The number of pyridine rings is 1. The van der Waals surface area contributed by atoms with Crippen molar-refractivity contribution in [1.29, 1.82) is 5.26 Å². The van der Waals surface area contributed by atoms with Crippen molar-refractivity contribution < 1.29 is 0 Å². The third-order valence-electron chi connectivity index (χ3n) is 3.99. The number of nitriles is 1. The molecule has 0 spiro atoms. The van der Waals surface area contributed by atoms with E-state index >= 15 is 0 Å². The normalized spacial score (nSPS) is 14.7. The molecule has 1 saturated heterocycles. The van der Waals surface area contributed by atoms with Gasteiger partial charge in [0.15, 0.2) is 0 Å². The Morgan fingerprint density at radius 3 is 2.67 bits per heavy atom. The Bertz CT molecular complexity index is 488. The molecule has 0 aliphatic carbocycles. The van der Waals surface area contributed by atoms with Gasteiger partial charge in [0, 0.05) is 31.6 Å². The van der Waals surface area contributed by atoms with Crippen LogP contribution in [0.2, 0.25) is 0 Å². The van der Waals surface area contributed by atoms with Gasteiger partial charge in [-0.3, -0.25) is 0 Å². The van der Waals surface area contributed by atoms with Crippen LogP contribution in [-0.4, -0.2) is 48.4 Å². The predicted octanol–water partition coefficient (Wildman–Crippen LogP) is 2.99. The van der Waals surface area contributed by atoms with Crippen LogP contribution in [0.3, 0.4) is 0 Å². The van der Waals surface area contributed by atoms with E-state index in [0.717, 1.165) is 54.8 Å². The molecule has 2 heterocycles. The number of hydrogen-bond donors (Lipinski definition) is 0. The molecule has 0 saturated carbocycles. The zero-order valence-electron chi connectivity index (χ0n) is 13.0. The average molecular weight is 304 g/mol. The van der Waals surface area contributed by atoms with E-state index in [1.54, 1.807) is 11.8 Å². The molecule has 1 aliphatic rings. The smallest absolute Gasteiger partial charge is 0.116 e. The fourth-order valence-electron chi connectivity index (χ4n) is 2.68. The highest BCUT2D eigenvalue weighted by atomic mass is 32.2. The molecule has 114 valence electrons. The van der Waals surface area contributed by atoms with Gasteiger partial charge < -0.3 is 9.80 Å². The van der Waals surface area contributed by atoms with Crippen LogP contribution in [0, 0.1) is 11.3 Å². The maximum Gasteiger partial charge on any atom is 0.116 e. The van der Waals surface area contributed by atoms with E-state index in [1.807, 2.05) is 12.3 Å². The molecule has 0 bridgehead atoms. The van der Waals surface area contributed by atoms with Crippen LogP contribution in [0.15, 0.2) is 17.3 Å². The molecule has 0 N–H and O–H groups in total. The van der Waals surface area contributed by atoms with Crippen molar-refractivity contribution in [2.45, 2.75) is 31.7 Å². The van der Waals surface area contributed by atoms with Crippen molar-refractivity contribution in [3.05, 3.63) is 17.8 Å². The molecule has 21 heavy (non-hydrogen) atoms. The summed E-state index contributed by atoms with van der Waals surface area (Å²) in [6, 6.07) is 4.35. The van der Waals surface area contributed by atoms with E-state index < -0.39 is 0 Å². The summed E-state index contributed by atoms with van der Waals surface area (Å²) in [6.07, 6.45) is 4.28. The minimum Gasteiger partial charge on any atom is -0.370 e. The summed E-state index contributed by atoms with van der Waals surface area (Å²) < 4.78 is 0. The van der Waals surface area contributed by atoms with Gasteiger partial charge in [0.05, 0.1) is 5.69 Å².